The highest BCUT2D eigenvalue weighted by Gasteiger charge is 2.31. The zero-order chi connectivity index (χ0) is 12.1. The summed E-state index contributed by atoms with van der Waals surface area (Å²) >= 11 is 0. The zero-order valence-corrected chi connectivity index (χ0v) is 10.8. The molecule has 1 aliphatic heterocycles. The number of nitrogens with zero attached hydrogens (tertiary/aromatic N) is 1. The predicted molar refractivity (Wildman–Crippen MR) is 69.9 cm³/mol. The molecule has 0 atom stereocenters. The number of terminal acetylenes is 1. The Bertz CT molecular complexity index is 260. The maximum atomic E-state index is 5.58. The van der Waals surface area contributed by atoms with Crippen molar-refractivity contribution in [1.82, 2.24) is 10.2 Å². The molecule has 1 saturated heterocycles. The number of nitrogens with one attached hydrogen (secondary N) is 1. The molecule has 17 heavy (non-hydrogen) atoms. The van der Waals surface area contributed by atoms with Gasteiger partial charge in [0.05, 0.1) is 12.6 Å². The predicted octanol–water partition coefficient (Wildman–Crippen LogP) is 1.24. The normalized spacial score (nSPS) is 30.8. The molecule has 0 bridgehead atoms. The molecule has 3 nitrogen and oxygen atoms in total. The smallest absolute Gasteiger partial charge is 0.0604 e. The van der Waals surface area contributed by atoms with Crippen molar-refractivity contribution in [3.05, 3.63) is 0 Å². The fourth-order valence-electron chi connectivity index (χ4n) is 2.79. The first-order chi connectivity index (χ1) is 8.31. The highest BCUT2D eigenvalue weighted by molar-refractivity contribution is 4.93. The summed E-state index contributed by atoms with van der Waals surface area (Å²) in [6.45, 7) is 6.01. The van der Waals surface area contributed by atoms with Gasteiger partial charge in [-0.3, -0.25) is 4.90 Å². The van der Waals surface area contributed by atoms with Crippen LogP contribution in [0.25, 0.3) is 0 Å². The lowest BCUT2D eigenvalue weighted by Gasteiger charge is -2.40. The molecule has 0 amide bonds. The van der Waals surface area contributed by atoms with Crippen molar-refractivity contribution in [2.24, 2.45) is 0 Å². The minimum absolute atomic E-state index is 0.513. The number of piperidine rings is 1. The van der Waals surface area contributed by atoms with Gasteiger partial charge in [0.15, 0.2) is 0 Å². The minimum atomic E-state index is 0.513. The molecule has 0 aromatic heterocycles. The van der Waals surface area contributed by atoms with Crippen LogP contribution in [0.2, 0.25) is 0 Å². The average Bonchev–Trinajstić information content (AvgIpc) is 2.29. The van der Waals surface area contributed by atoms with Crippen LogP contribution in [-0.4, -0.2) is 49.3 Å². The lowest BCUT2D eigenvalue weighted by molar-refractivity contribution is -0.0141. The Morgan fingerprint density at radius 1 is 1.29 bits per heavy atom. The van der Waals surface area contributed by atoms with E-state index in [9.17, 15) is 0 Å². The molecule has 3 heteroatoms. The van der Waals surface area contributed by atoms with Crippen molar-refractivity contribution in [1.29, 1.82) is 0 Å². The van der Waals surface area contributed by atoms with Gasteiger partial charge in [0, 0.05) is 31.8 Å². The molecule has 1 N–H and O–H groups in total. The number of hydrogen-bond acceptors (Lipinski definition) is 3. The first-order valence-corrected chi connectivity index (χ1v) is 6.85. The molecule has 1 saturated carbocycles. The van der Waals surface area contributed by atoms with Gasteiger partial charge in [-0.05, 0) is 32.6 Å². The van der Waals surface area contributed by atoms with E-state index in [-0.39, 0.29) is 0 Å². The van der Waals surface area contributed by atoms with Crippen LogP contribution in [0.4, 0.5) is 0 Å². The van der Waals surface area contributed by atoms with E-state index in [1.807, 2.05) is 0 Å². The monoisotopic (exact) mass is 236 g/mol. The summed E-state index contributed by atoms with van der Waals surface area (Å²) < 4.78 is 5.58. The van der Waals surface area contributed by atoms with Crippen LogP contribution in [0.1, 0.15) is 32.6 Å². The Morgan fingerprint density at radius 2 is 2.00 bits per heavy atom. The Morgan fingerprint density at radius 3 is 2.59 bits per heavy atom. The fraction of sp³-hybridized carbons (Fsp3) is 0.857. The van der Waals surface area contributed by atoms with Gasteiger partial charge in [0.25, 0.3) is 0 Å². The van der Waals surface area contributed by atoms with E-state index in [0.717, 1.165) is 26.2 Å². The number of likely N-dealkylation sites (tertiary alicyclic amines) is 1. The van der Waals surface area contributed by atoms with Gasteiger partial charge in [-0.15, -0.1) is 6.42 Å². The van der Waals surface area contributed by atoms with E-state index in [1.54, 1.807) is 0 Å². The standard InChI is InChI=1S/C14H24N2O/c1-3-7-16-8-5-12(6-9-16)15-13-10-14(11-13)17-4-2/h1,12-15H,4-11H2,2H3. The average molecular weight is 236 g/mol. The van der Waals surface area contributed by atoms with Crippen molar-refractivity contribution in [2.45, 2.75) is 50.8 Å². The summed E-state index contributed by atoms with van der Waals surface area (Å²) in [5.41, 5.74) is 0. The molecular formula is C14H24N2O. The van der Waals surface area contributed by atoms with Crippen molar-refractivity contribution >= 4 is 0 Å². The van der Waals surface area contributed by atoms with Crippen LogP contribution in [0.3, 0.4) is 0 Å². The number of ether oxygens (including phenoxy) is 1. The molecule has 2 rings (SSSR count). The van der Waals surface area contributed by atoms with E-state index in [1.165, 1.54) is 25.7 Å². The Labute approximate surface area is 105 Å². The highest BCUT2D eigenvalue weighted by atomic mass is 16.5. The second-order valence-corrected chi connectivity index (χ2v) is 5.17. The topological polar surface area (TPSA) is 24.5 Å². The lowest BCUT2D eigenvalue weighted by atomic mass is 9.87. The molecule has 0 spiro atoms. The van der Waals surface area contributed by atoms with Crippen LogP contribution < -0.4 is 5.32 Å². The van der Waals surface area contributed by atoms with Gasteiger partial charge < -0.3 is 10.1 Å². The van der Waals surface area contributed by atoms with Crippen LogP contribution in [0, 0.1) is 12.3 Å². The van der Waals surface area contributed by atoms with Crippen molar-refractivity contribution in [3.8, 4) is 12.3 Å². The summed E-state index contributed by atoms with van der Waals surface area (Å²) in [5.74, 6) is 2.72. The zero-order valence-electron chi connectivity index (χ0n) is 10.8. The first-order valence-electron chi connectivity index (χ1n) is 6.85. The maximum Gasteiger partial charge on any atom is 0.0604 e. The third kappa shape index (κ3) is 3.70. The minimum Gasteiger partial charge on any atom is -0.378 e. The molecule has 0 aromatic carbocycles. The first kappa shape index (κ1) is 12.9. The number of hydrogen-bond donors (Lipinski definition) is 1. The van der Waals surface area contributed by atoms with Gasteiger partial charge in [0.1, 0.15) is 0 Å². The molecule has 1 heterocycles. The third-order valence-corrected chi connectivity index (χ3v) is 3.87. The van der Waals surface area contributed by atoms with Gasteiger partial charge >= 0.3 is 0 Å². The summed E-state index contributed by atoms with van der Waals surface area (Å²) in [7, 11) is 0. The Hall–Kier alpha value is -0.560. The quantitative estimate of drug-likeness (QED) is 0.727. The molecule has 96 valence electrons. The summed E-state index contributed by atoms with van der Waals surface area (Å²) in [5, 5.41) is 3.75. The van der Waals surface area contributed by atoms with Gasteiger partial charge in [-0.1, -0.05) is 5.92 Å². The summed E-state index contributed by atoms with van der Waals surface area (Å²) in [6.07, 6.45) is 10.7. The van der Waals surface area contributed by atoms with Crippen molar-refractivity contribution < 1.29 is 4.74 Å². The van der Waals surface area contributed by atoms with Gasteiger partial charge in [-0.2, -0.15) is 0 Å². The lowest BCUT2D eigenvalue weighted by Crippen LogP contribution is -2.52. The van der Waals surface area contributed by atoms with E-state index in [0.29, 0.717) is 18.2 Å². The molecule has 0 unspecified atom stereocenters. The van der Waals surface area contributed by atoms with Crippen molar-refractivity contribution in [3.63, 3.8) is 0 Å². The van der Waals surface area contributed by atoms with Crippen LogP contribution >= 0.6 is 0 Å². The van der Waals surface area contributed by atoms with E-state index in [4.69, 9.17) is 11.2 Å². The molecule has 1 aliphatic carbocycles. The van der Waals surface area contributed by atoms with Crippen LogP contribution in [-0.2, 0) is 4.74 Å². The molecule has 0 radical (unpaired) electrons. The third-order valence-electron chi connectivity index (χ3n) is 3.87. The second-order valence-electron chi connectivity index (χ2n) is 5.17. The maximum absolute atomic E-state index is 5.58. The fourth-order valence-corrected chi connectivity index (χ4v) is 2.79. The van der Waals surface area contributed by atoms with E-state index < -0.39 is 0 Å². The Balaban J connectivity index is 1.58. The molecule has 2 fully saturated rings. The van der Waals surface area contributed by atoms with Gasteiger partial charge in [0.2, 0.25) is 0 Å². The van der Waals surface area contributed by atoms with Crippen LogP contribution in [0.5, 0.6) is 0 Å². The summed E-state index contributed by atoms with van der Waals surface area (Å²) in [6, 6.07) is 1.38. The Kier molecular flexibility index (Phi) is 4.85. The van der Waals surface area contributed by atoms with E-state index >= 15 is 0 Å². The highest BCUT2D eigenvalue weighted by Crippen LogP contribution is 2.25. The number of rotatable bonds is 5. The van der Waals surface area contributed by atoms with Crippen molar-refractivity contribution in [2.75, 3.05) is 26.2 Å². The molecule has 2 aliphatic rings. The SMILES string of the molecule is C#CCN1CCC(NC2CC(OCC)C2)CC1. The second kappa shape index (κ2) is 6.39. The molecule has 0 aromatic rings. The largest absolute Gasteiger partial charge is 0.378 e. The van der Waals surface area contributed by atoms with E-state index in [2.05, 4.69) is 23.1 Å². The summed E-state index contributed by atoms with van der Waals surface area (Å²) in [4.78, 5) is 2.36. The molecular weight excluding hydrogens is 212 g/mol. The van der Waals surface area contributed by atoms with Gasteiger partial charge in [-0.25, -0.2) is 0 Å². The van der Waals surface area contributed by atoms with Crippen LogP contribution in [0.15, 0.2) is 0 Å².